The third-order valence-corrected chi connectivity index (χ3v) is 4.82. The topological polar surface area (TPSA) is 76.0 Å². The van der Waals surface area contributed by atoms with Crippen molar-refractivity contribution in [2.45, 2.75) is 31.0 Å². The quantitative estimate of drug-likeness (QED) is 0.769. The summed E-state index contributed by atoms with van der Waals surface area (Å²) >= 11 is 5.91. The molecule has 0 radical (unpaired) electrons. The predicted molar refractivity (Wildman–Crippen MR) is 88.8 cm³/mol. The van der Waals surface area contributed by atoms with Gasteiger partial charge in [0, 0.05) is 36.4 Å². The van der Waals surface area contributed by atoms with Gasteiger partial charge in [-0.25, -0.2) is 4.79 Å². The number of benzene rings is 1. The number of carbonyl (C=O) groups excluding carboxylic acids is 1. The number of amides is 2. The number of hydrogen-bond donors (Lipinski definition) is 3. The molecule has 3 rings (SSSR count). The molecule has 1 aromatic rings. The number of likely N-dealkylation sites (tertiary alicyclic amines) is 1. The molecule has 2 heterocycles. The first-order valence-corrected chi connectivity index (χ1v) is 8.31. The fourth-order valence-corrected chi connectivity index (χ4v) is 3.46. The van der Waals surface area contributed by atoms with Crippen LogP contribution in [0.15, 0.2) is 24.3 Å². The van der Waals surface area contributed by atoms with Gasteiger partial charge in [-0.05, 0) is 37.1 Å². The first kappa shape index (κ1) is 16.4. The standard InChI is InChI=1S/C16H22ClN3O3/c17-11-1-3-13(4-2-11)19-6-5-12(8-19)18-16(23)20-9-15(22)7-14(20)10-21/h1-4,12,14-15,21-22H,5-10H2,(H,18,23)/t12-,14-,15-/m0/s1. The molecule has 0 saturated carbocycles. The third-order valence-electron chi connectivity index (χ3n) is 4.57. The van der Waals surface area contributed by atoms with E-state index in [1.807, 2.05) is 24.3 Å². The number of urea groups is 1. The van der Waals surface area contributed by atoms with E-state index in [-0.39, 0.29) is 31.3 Å². The zero-order valence-corrected chi connectivity index (χ0v) is 13.6. The maximum atomic E-state index is 12.4. The van der Waals surface area contributed by atoms with Crippen molar-refractivity contribution in [3.63, 3.8) is 0 Å². The monoisotopic (exact) mass is 339 g/mol. The molecule has 0 bridgehead atoms. The summed E-state index contributed by atoms with van der Waals surface area (Å²) in [6.45, 7) is 1.78. The molecule has 23 heavy (non-hydrogen) atoms. The third kappa shape index (κ3) is 3.71. The molecule has 2 fully saturated rings. The van der Waals surface area contributed by atoms with Crippen LogP contribution >= 0.6 is 11.6 Å². The van der Waals surface area contributed by atoms with E-state index in [1.54, 1.807) is 0 Å². The molecule has 7 heteroatoms. The maximum Gasteiger partial charge on any atom is 0.318 e. The highest BCUT2D eigenvalue weighted by Crippen LogP contribution is 2.23. The molecule has 3 atom stereocenters. The van der Waals surface area contributed by atoms with Crippen LogP contribution in [-0.4, -0.2) is 65.6 Å². The van der Waals surface area contributed by atoms with Crippen LogP contribution in [0.4, 0.5) is 10.5 Å². The minimum Gasteiger partial charge on any atom is -0.394 e. The Morgan fingerprint density at radius 3 is 2.74 bits per heavy atom. The van der Waals surface area contributed by atoms with E-state index in [2.05, 4.69) is 10.2 Å². The Hall–Kier alpha value is -1.50. The molecule has 1 aromatic carbocycles. The molecule has 0 spiro atoms. The van der Waals surface area contributed by atoms with Crippen molar-refractivity contribution in [3.8, 4) is 0 Å². The van der Waals surface area contributed by atoms with E-state index >= 15 is 0 Å². The van der Waals surface area contributed by atoms with Crippen LogP contribution in [0.25, 0.3) is 0 Å². The van der Waals surface area contributed by atoms with Gasteiger partial charge in [0.1, 0.15) is 0 Å². The minimum absolute atomic E-state index is 0.0651. The van der Waals surface area contributed by atoms with Crippen LogP contribution in [-0.2, 0) is 0 Å². The number of halogens is 1. The van der Waals surface area contributed by atoms with Crippen LogP contribution < -0.4 is 10.2 Å². The zero-order valence-electron chi connectivity index (χ0n) is 12.9. The molecule has 0 aliphatic carbocycles. The zero-order chi connectivity index (χ0) is 16.4. The van der Waals surface area contributed by atoms with Crippen LogP contribution in [0.2, 0.25) is 5.02 Å². The van der Waals surface area contributed by atoms with E-state index in [0.29, 0.717) is 11.4 Å². The molecule has 3 N–H and O–H groups in total. The lowest BCUT2D eigenvalue weighted by molar-refractivity contribution is 0.153. The average Bonchev–Trinajstić information content (AvgIpc) is 3.14. The first-order valence-electron chi connectivity index (χ1n) is 7.93. The average molecular weight is 340 g/mol. The van der Waals surface area contributed by atoms with E-state index in [0.717, 1.165) is 25.2 Å². The second-order valence-corrected chi connectivity index (χ2v) is 6.67. The van der Waals surface area contributed by atoms with Crippen LogP contribution in [0.3, 0.4) is 0 Å². The lowest BCUT2D eigenvalue weighted by Crippen LogP contribution is -2.48. The van der Waals surface area contributed by atoms with Gasteiger partial charge in [0.25, 0.3) is 0 Å². The Kier molecular flexibility index (Phi) is 4.94. The summed E-state index contributed by atoms with van der Waals surface area (Å²) in [7, 11) is 0. The maximum absolute atomic E-state index is 12.4. The number of β-amino-alcohol motifs (C(OH)–C–C–N with tert-alkyl or cyclic N) is 1. The van der Waals surface area contributed by atoms with Crippen molar-refractivity contribution in [1.82, 2.24) is 10.2 Å². The minimum atomic E-state index is -0.549. The summed E-state index contributed by atoms with van der Waals surface area (Å²) in [5.41, 5.74) is 1.09. The summed E-state index contributed by atoms with van der Waals surface area (Å²) in [6, 6.07) is 7.24. The summed E-state index contributed by atoms with van der Waals surface area (Å²) in [5.74, 6) is 0. The van der Waals surface area contributed by atoms with Crippen LogP contribution in [0.5, 0.6) is 0 Å². The second-order valence-electron chi connectivity index (χ2n) is 6.24. The molecule has 2 saturated heterocycles. The van der Waals surface area contributed by atoms with Crippen molar-refractivity contribution >= 4 is 23.3 Å². The van der Waals surface area contributed by atoms with Gasteiger partial charge in [-0.1, -0.05) is 11.6 Å². The van der Waals surface area contributed by atoms with Crippen LogP contribution in [0.1, 0.15) is 12.8 Å². The Morgan fingerprint density at radius 2 is 2.04 bits per heavy atom. The number of nitrogens with zero attached hydrogens (tertiary/aromatic N) is 2. The largest absolute Gasteiger partial charge is 0.394 e. The Balaban J connectivity index is 1.55. The van der Waals surface area contributed by atoms with E-state index in [4.69, 9.17) is 11.6 Å². The van der Waals surface area contributed by atoms with Gasteiger partial charge in [0.2, 0.25) is 0 Å². The van der Waals surface area contributed by atoms with E-state index in [1.165, 1.54) is 4.90 Å². The highest BCUT2D eigenvalue weighted by atomic mass is 35.5. The van der Waals surface area contributed by atoms with Gasteiger partial charge in [0.05, 0.1) is 18.8 Å². The van der Waals surface area contributed by atoms with Crippen molar-refractivity contribution < 1.29 is 15.0 Å². The highest BCUT2D eigenvalue weighted by Gasteiger charge is 2.35. The predicted octanol–water partition coefficient (Wildman–Crippen LogP) is 1.06. The van der Waals surface area contributed by atoms with E-state index < -0.39 is 6.10 Å². The Bertz CT molecular complexity index is 554. The fraction of sp³-hybridized carbons (Fsp3) is 0.562. The smallest absolute Gasteiger partial charge is 0.318 e. The van der Waals surface area contributed by atoms with Gasteiger partial charge in [-0.3, -0.25) is 0 Å². The normalized spacial score (nSPS) is 27.5. The molecule has 126 valence electrons. The molecule has 0 unspecified atom stereocenters. The molecule has 2 amide bonds. The number of rotatable bonds is 3. The van der Waals surface area contributed by atoms with Gasteiger partial charge in [-0.15, -0.1) is 0 Å². The summed E-state index contributed by atoms with van der Waals surface area (Å²) < 4.78 is 0. The number of anilines is 1. The Labute approximate surface area is 140 Å². The van der Waals surface area contributed by atoms with Crippen LogP contribution in [0, 0.1) is 0 Å². The van der Waals surface area contributed by atoms with Crippen molar-refractivity contribution in [2.75, 3.05) is 31.1 Å². The van der Waals surface area contributed by atoms with E-state index in [9.17, 15) is 15.0 Å². The number of nitrogens with one attached hydrogen (secondary N) is 1. The van der Waals surface area contributed by atoms with Gasteiger partial charge in [0.15, 0.2) is 0 Å². The molecular formula is C16H22ClN3O3. The summed E-state index contributed by atoms with van der Waals surface area (Å²) in [4.78, 5) is 16.1. The molecule has 6 nitrogen and oxygen atoms in total. The molecule has 2 aliphatic rings. The van der Waals surface area contributed by atoms with Crippen molar-refractivity contribution in [1.29, 1.82) is 0 Å². The fourth-order valence-electron chi connectivity index (χ4n) is 3.34. The molecular weight excluding hydrogens is 318 g/mol. The second kappa shape index (κ2) is 6.95. The number of carbonyl (C=O) groups is 1. The van der Waals surface area contributed by atoms with Crippen molar-refractivity contribution in [2.24, 2.45) is 0 Å². The number of hydrogen-bond acceptors (Lipinski definition) is 4. The van der Waals surface area contributed by atoms with Gasteiger partial charge in [-0.2, -0.15) is 0 Å². The SMILES string of the molecule is O=C(N[C@H]1CCN(c2ccc(Cl)cc2)C1)N1C[C@@H](O)C[C@H]1CO. The van der Waals surface area contributed by atoms with Gasteiger partial charge < -0.3 is 25.3 Å². The van der Waals surface area contributed by atoms with Gasteiger partial charge >= 0.3 is 6.03 Å². The molecule has 0 aromatic heterocycles. The lowest BCUT2D eigenvalue weighted by Gasteiger charge is -2.25. The summed E-state index contributed by atoms with van der Waals surface area (Å²) in [6.07, 6.45) is 0.757. The Morgan fingerprint density at radius 1 is 1.30 bits per heavy atom. The lowest BCUT2D eigenvalue weighted by atomic mass is 10.2. The highest BCUT2D eigenvalue weighted by molar-refractivity contribution is 6.30. The number of aliphatic hydroxyl groups excluding tert-OH is 2. The van der Waals surface area contributed by atoms with Crippen molar-refractivity contribution in [3.05, 3.63) is 29.3 Å². The first-order chi connectivity index (χ1) is 11.1. The summed E-state index contributed by atoms with van der Waals surface area (Å²) in [5, 5.41) is 22.7. The number of aliphatic hydroxyl groups is 2. The molecule has 2 aliphatic heterocycles.